The molecule has 5 aromatic rings. The fourth-order valence-corrected chi connectivity index (χ4v) is 4.99. The van der Waals surface area contributed by atoms with E-state index in [0.717, 1.165) is 28.8 Å². The standard InChI is InChI=1S/C33H23Cl2F3N2O2/c34-27-13-14-28(29(35)18-27)30-20-40(19-23-6-4-22(5-7-23)16-32(41)42)31(39-30)15-10-21-8-11-24(12-9-21)25-2-1-3-26(17-25)33(36,37)38/h1-15,17-18,20H,16,19H2,(H,41,42). The lowest BCUT2D eigenvalue weighted by Gasteiger charge is -2.09. The van der Waals surface area contributed by atoms with Crippen LogP contribution in [0.3, 0.4) is 0 Å². The summed E-state index contributed by atoms with van der Waals surface area (Å²) in [7, 11) is 0. The third-order valence-electron chi connectivity index (χ3n) is 6.60. The van der Waals surface area contributed by atoms with Crippen molar-refractivity contribution < 1.29 is 23.1 Å². The Bertz CT molecular complexity index is 1760. The molecule has 0 aliphatic heterocycles. The largest absolute Gasteiger partial charge is 0.481 e. The zero-order chi connectivity index (χ0) is 29.9. The molecule has 4 nitrogen and oxygen atoms in total. The molecule has 0 atom stereocenters. The maximum Gasteiger partial charge on any atom is 0.416 e. The van der Waals surface area contributed by atoms with Crippen molar-refractivity contribution in [3.63, 3.8) is 0 Å². The normalized spacial score (nSPS) is 11.7. The minimum absolute atomic E-state index is 0.0505. The fraction of sp³-hybridized carbons (Fsp3) is 0.0909. The third-order valence-corrected chi connectivity index (χ3v) is 7.15. The van der Waals surface area contributed by atoms with Crippen molar-refractivity contribution in [1.29, 1.82) is 0 Å². The van der Waals surface area contributed by atoms with Crippen LogP contribution in [0, 0.1) is 0 Å². The summed E-state index contributed by atoms with van der Waals surface area (Å²) in [6, 6.07) is 25.0. The van der Waals surface area contributed by atoms with E-state index < -0.39 is 17.7 Å². The molecule has 0 unspecified atom stereocenters. The number of hydrogen-bond donors (Lipinski definition) is 1. The minimum Gasteiger partial charge on any atom is -0.481 e. The number of aliphatic carboxylic acids is 1. The van der Waals surface area contributed by atoms with Gasteiger partial charge in [0.25, 0.3) is 0 Å². The molecule has 0 saturated carbocycles. The van der Waals surface area contributed by atoms with Crippen LogP contribution in [0.4, 0.5) is 13.2 Å². The molecule has 1 aromatic heterocycles. The van der Waals surface area contributed by atoms with Gasteiger partial charge in [0.05, 0.1) is 22.7 Å². The Kier molecular flexibility index (Phi) is 8.52. The van der Waals surface area contributed by atoms with Crippen LogP contribution in [-0.2, 0) is 23.9 Å². The van der Waals surface area contributed by atoms with Gasteiger partial charge in [-0.05, 0) is 64.2 Å². The molecule has 0 aliphatic carbocycles. The van der Waals surface area contributed by atoms with Crippen LogP contribution in [0.1, 0.15) is 28.1 Å². The van der Waals surface area contributed by atoms with Gasteiger partial charge in [-0.25, -0.2) is 4.98 Å². The molecule has 0 saturated heterocycles. The summed E-state index contributed by atoms with van der Waals surface area (Å²) in [4.78, 5) is 15.8. The first-order chi connectivity index (χ1) is 20.0. The monoisotopic (exact) mass is 606 g/mol. The molecule has 1 heterocycles. The molecular formula is C33H23Cl2F3N2O2. The highest BCUT2D eigenvalue weighted by atomic mass is 35.5. The summed E-state index contributed by atoms with van der Waals surface area (Å²) in [5.74, 6) is -0.246. The van der Waals surface area contributed by atoms with Gasteiger partial charge in [0.1, 0.15) is 5.82 Å². The Hall–Kier alpha value is -4.33. The number of aromatic nitrogens is 2. The van der Waals surface area contributed by atoms with E-state index in [1.165, 1.54) is 6.07 Å². The number of imidazole rings is 1. The van der Waals surface area contributed by atoms with Crippen LogP contribution in [0.25, 0.3) is 34.5 Å². The Labute approximate surface area is 250 Å². The highest BCUT2D eigenvalue weighted by molar-refractivity contribution is 6.36. The first-order valence-electron chi connectivity index (χ1n) is 12.8. The van der Waals surface area contributed by atoms with E-state index in [9.17, 15) is 18.0 Å². The molecule has 42 heavy (non-hydrogen) atoms. The Morgan fingerprint density at radius 2 is 1.57 bits per heavy atom. The smallest absolute Gasteiger partial charge is 0.416 e. The van der Waals surface area contributed by atoms with Crippen LogP contribution in [-0.4, -0.2) is 20.6 Å². The van der Waals surface area contributed by atoms with E-state index in [-0.39, 0.29) is 6.42 Å². The molecule has 1 N–H and O–H groups in total. The molecule has 0 aliphatic rings. The predicted octanol–water partition coefficient (Wildman–Crippen LogP) is 9.39. The van der Waals surface area contributed by atoms with Crippen molar-refractivity contribution in [1.82, 2.24) is 9.55 Å². The van der Waals surface area contributed by atoms with E-state index in [4.69, 9.17) is 33.3 Å². The van der Waals surface area contributed by atoms with Gasteiger partial charge in [-0.3, -0.25) is 4.79 Å². The van der Waals surface area contributed by atoms with E-state index in [1.807, 2.05) is 47.2 Å². The van der Waals surface area contributed by atoms with Crippen molar-refractivity contribution in [2.75, 3.05) is 0 Å². The molecule has 0 fully saturated rings. The Balaban J connectivity index is 1.43. The minimum atomic E-state index is -4.41. The summed E-state index contributed by atoms with van der Waals surface area (Å²) in [5.41, 5.74) is 4.33. The summed E-state index contributed by atoms with van der Waals surface area (Å²) >= 11 is 12.5. The van der Waals surface area contributed by atoms with Crippen LogP contribution >= 0.6 is 23.2 Å². The summed E-state index contributed by atoms with van der Waals surface area (Å²) in [5, 5.41) is 10.0. The van der Waals surface area contributed by atoms with Gasteiger partial charge >= 0.3 is 12.1 Å². The zero-order valence-corrected chi connectivity index (χ0v) is 23.5. The number of carbonyl (C=O) groups is 1. The second kappa shape index (κ2) is 12.3. The van der Waals surface area contributed by atoms with Crippen molar-refractivity contribution in [2.45, 2.75) is 19.1 Å². The number of halogens is 5. The van der Waals surface area contributed by atoms with E-state index in [0.29, 0.717) is 44.8 Å². The third kappa shape index (κ3) is 7.11. The Morgan fingerprint density at radius 1 is 0.857 bits per heavy atom. The molecule has 0 spiro atoms. The van der Waals surface area contributed by atoms with E-state index >= 15 is 0 Å². The predicted molar refractivity (Wildman–Crippen MR) is 160 cm³/mol. The Morgan fingerprint density at radius 3 is 2.24 bits per heavy atom. The number of rotatable bonds is 8. The fourth-order valence-electron chi connectivity index (χ4n) is 4.48. The maximum absolute atomic E-state index is 13.1. The number of alkyl halides is 3. The summed E-state index contributed by atoms with van der Waals surface area (Å²) in [6.07, 6.45) is 1.15. The van der Waals surface area contributed by atoms with E-state index in [2.05, 4.69) is 0 Å². The molecular weight excluding hydrogens is 584 g/mol. The first-order valence-corrected chi connectivity index (χ1v) is 13.6. The van der Waals surface area contributed by atoms with Gasteiger partial charge < -0.3 is 9.67 Å². The maximum atomic E-state index is 13.1. The second-order valence-electron chi connectivity index (χ2n) is 9.66. The molecule has 4 aromatic carbocycles. The van der Waals surface area contributed by atoms with E-state index in [1.54, 1.807) is 48.5 Å². The van der Waals surface area contributed by atoms with Gasteiger partial charge in [-0.15, -0.1) is 0 Å². The molecule has 9 heteroatoms. The highest BCUT2D eigenvalue weighted by Gasteiger charge is 2.30. The average Bonchev–Trinajstić information content (AvgIpc) is 3.34. The van der Waals surface area contributed by atoms with Crippen LogP contribution in [0.2, 0.25) is 10.0 Å². The average molecular weight is 607 g/mol. The van der Waals surface area contributed by atoms with Crippen LogP contribution < -0.4 is 0 Å². The molecule has 0 bridgehead atoms. The van der Waals surface area contributed by atoms with Crippen molar-refractivity contribution >= 4 is 41.3 Å². The van der Waals surface area contributed by atoms with Gasteiger partial charge in [-0.1, -0.05) is 89.9 Å². The molecule has 0 amide bonds. The zero-order valence-electron chi connectivity index (χ0n) is 21.9. The van der Waals surface area contributed by atoms with Gasteiger partial charge in [0.2, 0.25) is 0 Å². The number of carboxylic acids is 1. The van der Waals surface area contributed by atoms with Crippen LogP contribution in [0.15, 0.2) is 97.2 Å². The van der Waals surface area contributed by atoms with Crippen molar-refractivity contribution in [3.8, 4) is 22.4 Å². The lowest BCUT2D eigenvalue weighted by atomic mass is 10.0. The molecule has 212 valence electrons. The second-order valence-corrected chi connectivity index (χ2v) is 10.5. The summed E-state index contributed by atoms with van der Waals surface area (Å²) < 4.78 is 41.4. The lowest BCUT2D eigenvalue weighted by molar-refractivity contribution is -0.138. The van der Waals surface area contributed by atoms with Gasteiger partial charge in [0, 0.05) is 23.3 Å². The van der Waals surface area contributed by atoms with Gasteiger partial charge in [0.15, 0.2) is 0 Å². The van der Waals surface area contributed by atoms with Gasteiger partial charge in [-0.2, -0.15) is 13.2 Å². The quantitative estimate of drug-likeness (QED) is 0.191. The topological polar surface area (TPSA) is 55.1 Å². The number of nitrogens with zero attached hydrogens (tertiary/aromatic N) is 2. The summed E-state index contributed by atoms with van der Waals surface area (Å²) in [6.45, 7) is 0.472. The number of benzene rings is 4. The van der Waals surface area contributed by atoms with Crippen molar-refractivity contribution in [2.24, 2.45) is 0 Å². The molecule has 5 rings (SSSR count). The lowest BCUT2D eigenvalue weighted by Crippen LogP contribution is -2.04. The first kappa shape index (κ1) is 29.2. The van der Waals surface area contributed by atoms with Crippen molar-refractivity contribution in [3.05, 3.63) is 135 Å². The highest BCUT2D eigenvalue weighted by Crippen LogP contribution is 2.33. The number of carboxylic acid groups (broad SMARTS) is 1. The SMILES string of the molecule is O=C(O)Cc1ccc(Cn2cc(-c3ccc(Cl)cc3Cl)nc2C=Cc2ccc(-c3cccc(C(F)(F)F)c3)cc2)cc1. The number of hydrogen-bond acceptors (Lipinski definition) is 2. The molecule has 0 radical (unpaired) electrons. The van der Waals surface area contributed by atoms with Crippen LogP contribution in [0.5, 0.6) is 0 Å².